The third kappa shape index (κ3) is 8.01. The van der Waals surface area contributed by atoms with Gasteiger partial charge in [-0.05, 0) is 44.8 Å². The van der Waals surface area contributed by atoms with Gasteiger partial charge in [0.1, 0.15) is 0 Å². The molecule has 6 nitrogen and oxygen atoms in total. The van der Waals surface area contributed by atoms with Crippen molar-refractivity contribution < 1.29 is 0 Å². The first-order valence-electron chi connectivity index (χ1n) is 8.40. The highest BCUT2D eigenvalue weighted by Gasteiger charge is 2.14. The fraction of sp³-hybridized carbons (Fsp3) is 0.750. The zero-order chi connectivity index (χ0) is 15.6. The Hall–Kier alpha value is -0.830. The van der Waals surface area contributed by atoms with Gasteiger partial charge in [-0.2, -0.15) is 0 Å². The third-order valence-corrected chi connectivity index (χ3v) is 4.27. The molecule has 1 fully saturated rings. The van der Waals surface area contributed by atoms with Gasteiger partial charge in [-0.3, -0.25) is 4.99 Å². The number of halogens is 1. The SMILES string of the molecule is CN=C(NCCCN1CCC(C)CC1)NCCn1ccnc1.I. The van der Waals surface area contributed by atoms with Gasteiger partial charge < -0.3 is 20.1 Å². The van der Waals surface area contributed by atoms with Crippen LogP contribution < -0.4 is 10.6 Å². The van der Waals surface area contributed by atoms with Gasteiger partial charge in [0.15, 0.2) is 5.96 Å². The molecule has 0 aromatic carbocycles. The molecule has 0 saturated carbocycles. The molecule has 23 heavy (non-hydrogen) atoms. The summed E-state index contributed by atoms with van der Waals surface area (Å²) in [7, 11) is 1.82. The van der Waals surface area contributed by atoms with E-state index in [1.807, 2.05) is 19.6 Å². The summed E-state index contributed by atoms with van der Waals surface area (Å²) in [6.07, 6.45) is 9.47. The lowest BCUT2D eigenvalue weighted by molar-refractivity contribution is 0.191. The number of nitrogens with one attached hydrogen (secondary N) is 2. The predicted molar refractivity (Wildman–Crippen MR) is 106 cm³/mol. The van der Waals surface area contributed by atoms with Gasteiger partial charge in [-0.1, -0.05) is 6.92 Å². The molecule has 0 aliphatic carbocycles. The highest BCUT2D eigenvalue weighted by molar-refractivity contribution is 14.0. The van der Waals surface area contributed by atoms with Crippen LogP contribution in [0.2, 0.25) is 0 Å². The molecule has 0 spiro atoms. The van der Waals surface area contributed by atoms with E-state index in [0.29, 0.717) is 0 Å². The summed E-state index contributed by atoms with van der Waals surface area (Å²) in [6, 6.07) is 0. The maximum Gasteiger partial charge on any atom is 0.191 e. The van der Waals surface area contributed by atoms with Gasteiger partial charge in [0.05, 0.1) is 6.33 Å². The smallest absolute Gasteiger partial charge is 0.191 e. The van der Waals surface area contributed by atoms with E-state index in [1.54, 1.807) is 6.20 Å². The first-order chi connectivity index (χ1) is 10.8. The third-order valence-electron chi connectivity index (χ3n) is 4.27. The lowest BCUT2D eigenvalue weighted by Crippen LogP contribution is -2.40. The summed E-state index contributed by atoms with van der Waals surface area (Å²) < 4.78 is 2.05. The van der Waals surface area contributed by atoms with Crippen LogP contribution in [-0.2, 0) is 6.54 Å². The van der Waals surface area contributed by atoms with Crippen molar-refractivity contribution >= 4 is 29.9 Å². The van der Waals surface area contributed by atoms with Crippen LogP contribution in [0.1, 0.15) is 26.2 Å². The second kappa shape index (κ2) is 11.7. The maximum atomic E-state index is 4.26. The van der Waals surface area contributed by atoms with Crippen LogP contribution in [0.15, 0.2) is 23.7 Å². The number of aliphatic imine (C=N–C) groups is 1. The van der Waals surface area contributed by atoms with Crippen molar-refractivity contribution in [1.29, 1.82) is 0 Å². The number of rotatable bonds is 7. The van der Waals surface area contributed by atoms with Crippen molar-refractivity contribution in [2.24, 2.45) is 10.9 Å². The van der Waals surface area contributed by atoms with Crippen molar-refractivity contribution in [2.75, 3.05) is 39.8 Å². The van der Waals surface area contributed by atoms with Crippen molar-refractivity contribution in [1.82, 2.24) is 25.1 Å². The molecule has 2 N–H and O–H groups in total. The van der Waals surface area contributed by atoms with Gasteiger partial charge in [0.25, 0.3) is 0 Å². The molecule has 132 valence electrons. The standard InChI is InChI=1S/C16H30N6.HI/c1-15-4-10-21(11-5-15)9-3-6-19-16(17-2)20-8-13-22-12-7-18-14-22;/h7,12,14-15H,3-6,8-11,13H2,1-2H3,(H2,17,19,20);1H. The van der Waals surface area contributed by atoms with Gasteiger partial charge in [0.2, 0.25) is 0 Å². The van der Waals surface area contributed by atoms with Crippen LogP contribution >= 0.6 is 24.0 Å². The quantitative estimate of drug-likeness (QED) is 0.298. The number of hydrogen-bond acceptors (Lipinski definition) is 3. The van der Waals surface area contributed by atoms with Gasteiger partial charge in [0, 0.05) is 39.1 Å². The van der Waals surface area contributed by atoms with E-state index in [9.17, 15) is 0 Å². The van der Waals surface area contributed by atoms with E-state index >= 15 is 0 Å². The summed E-state index contributed by atoms with van der Waals surface area (Å²) in [5, 5.41) is 6.71. The highest BCUT2D eigenvalue weighted by atomic mass is 127. The molecule has 1 aliphatic rings. The predicted octanol–water partition coefficient (Wildman–Crippen LogP) is 1.79. The minimum Gasteiger partial charge on any atom is -0.356 e. The highest BCUT2D eigenvalue weighted by Crippen LogP contribution is 2.15. The molecule has 1 aromatic heterocycles. The van der Waals surface area contributed by atoms with Crippen LogP contribution in [0.4, 0.5) is 0 Å². The molecule has 2 rings (SSSR count). The molecule has 0 atom stereocenters. The number of piperidine rings is 1. The summed E-state index contributed by atoms with van der Waals surface area (Å²) >= 11 is 0. The monoisotopic (exact) mass is 434 g/mol. The number of imidazole rings is 1. The average molecular weight is 434 g/mol. The Morgan fingerprint density at radius 2 is 1.96 bits per heavy atom. The van der Waals surface area contributed by atoms with E-state index in [1.165, 1.54) is 32.5 Å². The van der Waals surface area contributed by atoms with E-state index in [4.69, 9.17) is 0 Å². The second-order valence-corrected chi connectivity index (χ2v) is 6.10. The second-order valence-electron chi connectivity index (χ2n) is 6.10. The first kappa shape index (κ1) is 20.2. The van der Waals surface area contributed by atoms with Gasteiger partial charge in [-0.15, -0.1) is 24.0 Å². The summed E-state index contributed by atoms with van der Waals surface area (Å²) in [5.74, 6) is 1.79. The zero-order valence-corrected chi connectivity index (χ0v) is 16.7. The zero-order valence-electron chi connectivity index (χ0n) is 14.4. The fourth-order valence-electron chi connectivity index (χ4n) is 2.74. The Labute approximate surface area is 157 Å². The van der Waals surface area contributed by atoms with E-state index in [0.717, 1.165) is 37.9 Å². The summed E-state index contributed by atoms with van der Waals surface area (Å²) in [4.78, 5) is 10.9. The number of likely N-dealkylation sites (tertiary alicyclic amines) is 1. The molecule has 0 bridgehead atoms. The molecule has 7 heteroatoms. The van der Waals surface area contributed by atoms with Gasteiger partial charge in [-0.25, -0.2) is 4.98 Å². The van der Waals surface area contributed by atoms with Crippen LogP contribution in [-0.4, -0.2) is 60.2 Å². The van der Waals surface area contributed by atoms with Crippen LogP contribution in [0, 0.1) is 5.92 Å². The normalized spacial score (nSPS) is 16.9. The van der Waals surface area contributed by atoms with Crippen molar-refractivity contribution in [3.05, 3.63) is 18.7 Å². The first-order valence-corrected chi connectivity index (χ1v) is 8.40. The Morgan fingerprint density at radius 3 is 2.61 bits per heavy atom. The molecule has 1 aromatic rings. The molecule has 0 amide bonds. The Bertz CT molecular complexity index is 426. The van der Waals surface area contributed by atoms with Crippen LogP contribution in [0.3, 0.4) is 0 Å². The van der Waals surface area contributed by atoms with Crippen LogP contribution in [0.5, 0.6) is 0 Å². The largest absolute Gasteiger partial charge is 0.356 e. The molecule has 1 saturated heterocycles. The number of aromatic nitrogens is 2. The maximum absolute atomic E-state index is 4.26. The van der Waals surface area contributed by atoms with Gasteiger partial charge >= 0.3 is 0 Å². The Kier molecular flexibility index (Phi) is 10.3. The summed E-state index contributed by atoms with van der Waals surface area (Å²) in [6.45, 7) is 8.78. The van der Waals surface area contributed by atoms with Crippen LogP contribution in [0.25, 0.3) is 0 Å². The molecular formula is C16H31IN6. The number of hydrogen-bond donors (Lipinski definition) is 2. The van der Waals surface area contributed by atoms with Crippen molar-refractivity contribution in [3.63, 3.8) is 0 Å². The average Bonchev–Trinajstić information content (AvgIpc) is 3.04. The van der Waals surface area contributed by atoms with E-state index in [-0.39, 0.29) is 24.0 Å². The topological polar surface area (TPSA) is 57.5 Å². The molecule has 0 unspecified atom stereocenters. The van der Waals surface area contributed by atoms with Crippen molar-refractivity contribution in [2.45, 2.75) is 32.7 Å². The molecule has 0 radical (unpaired) electrons. The van der Waals surface area contributed by atoms with E-state index in [2.05, 4.69) is 37.0 Å². The Balaban J connectivity index is 0.00000264. The van der Waals surface area contributed by atoms with Crippen molar-refractivity contribution in [3.8, 4) is 0 Å². The molecule has 1 aliphatic heterocycles. The fourth-order valence-corrected chi connectivity index (χ4v) is 2.74. The minimum atomic E-state index is 0. The minimum absolute atomic E-state index is 0. The number of guanidine groups is 1. The molecule has 2 heterocycles. The van der Waals surface area contributed by atoms with E-state index < -0.39 is 0 Å². The molecular weight excluding hydrogens is 403 g/mol. The lowest BCUT2D eigenvalue weighted by atomic mass is 9.99. The Morgan fingerprint density at radius 1 is 1.22 bits per heavy atom. The lowest BCUT2D eigenvalue weighted by Gasteiger charge is -2.30. The number of nitrogens with zero attached hydrogens (tertiary/aromatic N) is 4. The summed E-state index contributed by atoms with van der Waals surface area (Å²) in [5.41, 5.74) is 0.